The van der Waals surface area contributed by atoms with Gasteiger partial charge in [0.25, 0.3) is 0 Å². The largest absolute Gasteiger partial charge is 0.339 e. The first-order chi connectivity index (χ1) is 9.83. The minimum atomic E-state index is 0.698. The first-order valence-electron chi connectivity index (χ1n) is 7.34. The number of thiophene rings is 1. The third-order valence-electron chi connectivity index (χ3n) is 4.14. The van der Waals surface area contributed by atoms with Gasteiger partial charge < -0.3 is 9.84 Å². The number of nitrogens with zero attached hydrogens (tertiary/aromatic N) is 2. The summed E-state index contributed by atoms with van der Waals surface area (Å²) in [4.78, 5) is 5.82. The predicted octanol–water partition coefficient (Wildman–Crippen LogP) is 3.04. The van der Waals surface area contributed by atoms with Crippen molar-refractivity contribution in [3.05, 3.63) is 34.1 Å². The van der Waals surface area contributed by atoms with Crippen molar-refractivity contribution in [3.8, 4) is 0 Å². The SMILES string of the molecule is CNC1CCC(Cc2nc(Cc3cccs3)no2)CC1. The Hall–Kier alpha value is -1.20. The average Bonchev–Trinajstić information content (AvgIpc) is 3.12. The maximum absolute atomic E-state index is 5.40. The molecule has 0 radical (unpaired) electrons. The minimum absolute atomic E-state index is 0.698. The molecule has 3 rings (SSSR count). The van der Waals surface area contributed by atoms with E-state index < -0.39 is 0 Å². The molecule has 1 aliphatic rings. The molecule has 5 heteroatoms. The Kier molecular flexibility index (Phi) is 4.47. The van der Waals surface area contributed by atoms with Gasteiger partial charge in [0, 0.05) is 23.8 Å². The summed E-state index contributed by atoms with van der Waals surface area (Å²) < 4.78 is 5.40. The zero-order valence-corrected chi connectivity index (χ0v) is 12.7. The van der Waals surface area contributed by atoms with Crippen LogP contribution in [0.4, 0.5) is 0 Å². The molecular formula is C15H21N3OS. The van der Waals surface area contributed by atoms with Gasteiger partial charge in [-0.2, -0.15) is 4.98 Å². The Morgan fingerprint density at radius 1 is 1.35 bits per heavy atom. The van der Waals surface area contributed by atoms with E-state index in [1.807, 2.05) is 0 Å². The van der Waals surface area contributed by atoms with Gasteiger partial charge in [-0.25, -0.2) is 0 Å². The van der Waals surface area contributed by atoms with Crippen LogP contribution in [-0.2, 0) is 12.8 Å². The second-order valence-electron chi connectivity index (χ2n) is 5.57. The molecule has 2 aromatic heterocycles. The first-order valence-corrected chi connectivity index (χ1v) is 8.22. The van der Waals surface area contributed by atoms with E-state index in [1.54, 1.807) is 11.3 Å². The van der Waals surface area contributed by atoms with Crippen molar-refractivity contribution in [3.63, 3.8) is 0 Å². The molecular weight excluding hydrogens is 270 g/mol. The van der Waals surface area contributed by atoms with E-state index in [9.17, 15) is 0 Å². The quantitative estimate of drug-likeness (QED) is 0.920. The van der Waals surface area contributed by atoms with E-state index in [1.165, 1.54) is 30.6 Å². The van der Waals surface area contributed by atoms with Gasteiger partial charge in [-0.15, -0.1) is 11.3 Å². The molecule has 2 aromatic rings. The Morgan fingerprint density at radius 2 is 2.20 bits per heavy atom. The summed E-state index contributed by atoms with van der Waals surface area (Å²) in [6, 6.07) is 4.87. The number of nitrogens with one attached hydrogen (secondary N) is 1. The third kappa shape index (κ3) is 3.46. The highest BCUT2D eigenvalue weighted by Crippen LogP contribution is 2.27. The molecule has 1 fully saturated rings. The number of hydrogen-bond donors (Lipinski definition) is 1. The summed E-state index contributed by atoms with van der Waals surface area (Å²) in [5.74, 6) is 2.32. The molecule has 2 heterocycles. The van der Waals surface area contributed by atoms with Gasteiger partial charge in [0.15, 0.2) is 5.82 Å². The summed E-state index contributed by atoms with van der Waals surface area (Å²) in [5.41, 5.74) is 0. The van der Waals surface area contributed by atoms with E-state index in [2.05, 4.69) is 40.0 Å². The van der Waals surface area contributed by atoms with Crippen LogP contribution in [0.25, 0.3) is 0 Å². The van der Waals surface area contributed by atoms with Gasteiger partial charge in [-0.1, -0.05) is 11.2 Å². The predicted molar refractivity (Wildman–Crippen MR) is 79.9 cm³/mol. The first kappa shape index (κ1) is 13.8. The normalized spacial score (nSPS) is 23.1. The van der Waals surface area contributed by atoms with Gasteiger partial charge >= 0.3 is 0 Å². The lowest BCUT2D eigenvalue weighted by Crippen LogP contribution is -2.30. The van der Waals surface area contributed by atoms with Gasteiger partial charge in [-0.05, 0) is 50.1 Å². The smallest absolute Gasteiger partial charge is 0.226 e. The van der Waals surface area contributed by atoms with Crippen molar-refractivity contribution in [1.82, 2.24) is 15.5 Å². The fraction of sp³-hybridized carbons (Fsp3) is 0.600. The number of aromatic nitrogens is 2. The molecule has 0 aromatic carbocycles. The second kappa shape index (κ2) is 6.50. The summed E-state index contributed by atoms with van der Waals surface area (Å²) in [7, 11) is 2.06. The molecule has 108 valence electrons. The van der Waals surface area contributed by atoms with Crippen LogP contribution >= 0.6 is 11.3 Å². The molecule has 4 nitrogen and oxygen atoms in total. The Bertz CT molecular complexity index is 515. The van der Waals surface area contributed by atoms with E-state index in [0.717, 1.165) is 24.6 Å². The Balaban J connectivity index is 1.52. The van der Waals surface area contributed by atoms with Crippen LogP contribution in [0, 0.1) is 5.92 Å². The molecule has 1 aliphatic carbocycles. The fourth-order valence-electron chi connectivity index (χ4n) is 2.92. The van der Waals surface area contributed by atoms with Crippen LogP contribution < -0.4 is 5.32 Å². The van der Waals surface area contributed by atoms with Crippen molar-refractivity contribution in [1.29, 1.82) is 0 Å². The Labute approximate surface area is 123 Å². The summed E-state index contributed by atoms with van der Waals surface area (Å²) in [5, 5.41) is 9.54. The van der Waals surface area contributed by atoms with Crippen LogP contribution in [-0.4, -0.2) is 23.2 Å². The van der Waals surface area contributed by atoms with Gasteiger partial charge in [0.05, 0.1) is 0 Å². The van der Waals surface area contributed by atoms with Crippen LogP contribution in [0.1, 0.15) is 42.3 Å². The number of rotatable bonds is 5. The summed E-state index contributed by atoms with van der Waals surface area (Å²) in [6.45, 7) is 0. The monoisotopic (exact) mass is 291 g/mol. The summed E-state index contributed by atoms with van der Waals surface area (Å²) in [6.07, 6.45) is 6.76. The molecule has 0 bridgehead atoms. The maximum Gasteiger partial charge on any atom is 0.226 e. The highest BCUT2D eigenvalue weighted by molar-refractivity contribution is 7.09. The zero-order valence-electron chi connectivity index (χ0n) is 11.8. The van der Waals surface area contributed by atoms with Crippen LogP contribution in [0.15, 0.2) is 22.0 Å². The van der Waals surface area contributed by atoms with Crippen LogP contribution in [0.5, 0.6) is 0 Å². The van der Waals surface area contributed by atoms with E-state index in [4.69, 9.17) is 4.52 Å². The standard InChI is InChI=1S/C15H21N3OS/c1-16-12-6-4-11(5-7-12)9-15-17-14(18-19-15)10-13-3-2-8-20-13/h2-3,8,11-12,16H,4-7,9-10H2,1H3. The maximum atomic E-state index is 5.40. The third-order valence-corrected chi connectivity index (χ3v) is 5.02. The van der Waals surface area contributed by atoms with Gasteiger partial charge in [-0.3, -0.25) is 0 Å². The van der Waals surface area contributed by atoms with E-state index >= 15 is 0 Å². The van der Waals surface area contributed by atoms with Crippen molar-refractivity contribution >= 4 is 11.3 Å². The molecule has 1 N–H and O–H groups in total. The fourth-order valence-corrected chi connectivity index (χ4v) is 3.62. The van der Waals surface area contributed by atoms with Crippen molar-refractivity contribution < 1.29 is 4.52 Å². The second-order valence-corrected chi connectivity index (χ2v) is 6.60. The lowest BCUT2D eigenvalue weighted by molar-refractivity contribution is 0.273. The van der Waals surface area contributed by atoms with E-state index in [-0.39, 0.29) is 0 Å². The van der Waals surface area contributed by atoms with Crippen molar-refractivity contribution in [2.24, 2.45) is 5.92 Å². The molecule has 20 heavy (non-hydrogen) atoms. The van der Waals surface area contributed by atoms with E-state index in [0.29, 0.717) is 12.0 Å². The lowest BCUT2D eigenvalue weighted by atomic mass is 9.84. The summed E-state index contributed by atoms with van der Waals surface area (Å²) >= 11 is 1.74. The van der Waals surface area contributed by atoms with Crippen LogP contribution in [0.2, 0.25) is 0 Å². The molecule has 0 amide bonds. The topological polar surface area (TPSA) is 51.0 Å². The number of hydrogen-bond acceptors (Lipinski definition) is 5. The molecule has 0 atom stereocenters. The molecule has 0 unspecified atom stereocenters. The van der Waals surface area contributed by atoms with Crippen LogP contribution in [0.3, 0.4) is 0 Å². The lowest BCUT2D eigenvalue weighted by Gasteiger charge is -2.27. The zero-order chi connectivity index (χ0) is 13.8. The highest BCUT2D eigenvalue weighted by Gasteiger charge is 2.22. The van der Waals surface area contributed by atoms with Gasteiger partial charge in [0.2, 0.25) is 5.89 Å². The van der Waals surface area contributed by atoms with Crippen molar-refractivity contribution in [2.75, 3.05) is 7.05 Å². The molecule has 1 saturated carbocycles. The van der Waals surface area contributed by atoms with Crippen molar-refractivity contribution in [2.45, 2.75) is 44.6 Å². The molecule has 0 saturated heterocycles. The molecule has 0 aliphatic heterocycles. The van der Waals surface area contributed by atoms with Gasteiger partial charge in [0.1, 0.15) is 0 Å². The molecule has 0 spiro atoms. The minimum Gasteiger partial charge on any atom is -0.339 e. The Morgan fingerprint density at radius 3 is 2.90 bits per heavy atom. The highest BCUT2D eigenvalue weighted by atomic mass is 32.1. The average molecular weight is 291 g/mol.